The van der Waals surface area contributed by atoms with E-state index in [2.05, 4.69) is 10.3 Å². The molecular formula is C13H12ClN3O2. The fourth-order valence-electron chi connectivity index (χ4n) is 1.56. The maximum absolute atomic E-state index is 12.1. The highest BCUT2D eigenvalue weighted by Gasteiger charge is 2.10. The Labute approximate surface area is 115 Å². The van der Waals surface area contributed by atoms with Crippen LogP contribution >= 0.6 is 11.6 Å². The molecule has 6 heteroatoms. The number of halogens is 1. The van der Waals surface area contributed by atoms with Crippen LogP contribution in [0.2, 0.25) is 5.02 Å². The van der Waals surface area contributed by atoms with E-state index in [-0.39, 0.29) is 11.7 Å². The van der Waals surface area contributed by atoms with Crippen molar-refractivity contribution in [3.63, 3.8) is 0 Å². The second-order valence-corrected chi connectivity index (χ2v) is 4.20. The summed E-state index contributed by atoms with van der Waals surface area (Å²) in [6.07, 6.45) is 1.47. The largest absolute Gasteiger partial charge is 0.495 e. The quantitative estimate of drug-likeness (QED) is 0.904. The number of benzene rings is 1. The summed E-state index contributed by atoms with van der Waals surface area (Å²) in [7, 11) is 1.52. The number of carbonyl (C=O) groups excluding carboxylic acids is 1. The van der Waals surface area contributed by atoms with E-state index in [4.69, 9.17) is 22.1 Å². The summed E-state index contributed by atoms with van der Waals surface area (Å²) in [6, 6.07) is 8.04. The highest BCUT2D eigenvalue weighted by atomic mass is 35.5. The molecule has 0 atom stereocenters. The molecule has 1 aromatic heterocycles. The van der Waals surface area contributed by atoms with Crippen molar-refractivity contribution in [2.45, 2.75) is 0 Å². The third-order valence-corrected chi connectivity index (χ3v) is 2.69. The Morgan fingerprint density at radius 1 is 1.37 bits per heavy atom. The first kappa shape index (κ1) is 13.2. The number of anilines is 2. The van der Waals surface area contributed by atoms with Crippen molar-refractivity contribution in [2.75, 3.05) is 18.2 Å². The van der Waals surface area contributed by atoms with Gasteiger partial charge in [-0.1, -0.05) is 11.6 Å². The highest BCUT2D eigenvalue weighted by Crippen LogP contribution is 2.28. The normalized spacial score (nSPS) is 10.0. The molecule has 0 radical (unpaired) electrons. The van der Waals surface area contributed by atoms with E-state index >= 15 is 0 Å². The number of ether oxygens (including phenoxy) is 1. The minimum atomic E-state index is -0.310. The molecule has 1 aromatic carbocycles. The molecule has 0 fully saturated rings. The van der Waals surface area contributed by atoms with E-state index in [0.717, 1.165) is 0 Å². The molecule has 1 heterocycles. The number of pyridine rings is 1. The van der Waals surface area contributed by atoms with Crippen LogP contribution < -0.4 is 15.8 Å². The number of aromatic nitrogens is 1. The van der Waals surface area contributed by atoms with Crippen molar-refractivity contribution in [1.29, 1.82) is 0 Å². The zero-order chi connectivity index (χ0) is 13.8. The summed E-state index contributed by atoms with van der Waals surface area (Å²) in [5.74, 6) is 0.500. The zero-order valence-electron chi connectivity index (χ0n) is 10.2. The Balaban J connectivity index is 2.26. The number of rotatable bonds is 3. The number of hydrogen-bond donors (Lipinski definition) is 2. The van der Waals surface area contributed by atoms with E-state index in [0.29, 0.717) is 22.0 Å². The lowest BCUT2D eigenvalue weighted by Gasteiger charge is -2.10. The van der Waals surface area contributed by atoms with Crippen LogP contribution in [0.5, 0.6) is 5.75 Å². The SMILES string of the molecule is COc1ccc(Cl)cc1NC(=O)c1ccnc(N)c1. The van der Waals surface area contributed by atoms with E-state index in [1.165, 1.54) is 19.4 Å². The van der Waals surface area contributed by atoms with Gasteiger partial charge in [0, 0.05) is 16.8 Å². The summed E-state index contributed by atoms with van der Waals surface area (Å²) in [5, 5.41) is 3.22. The van der Waals surface area contributed by atoms with Crippen LogP contribution in [0, 0.1) is 0 Å². The zero-order valence-corrected chi connectivity index (χ0v) is 10.9. The number of nitrogens with two attached hydrogens (primary N) is 1. The molecule has 0 saturated heterocycles. The lowest BCUT2D eigenvalue weighted by Crippen LogP contribution is -2.13. The summed E-state index contributed by atoms with van der Waals surface area (Å²) in [4.78, 5) is 15.9. The Kier molecular flexibility index (Phi) is 3.87. The van der Waals surface area contributed by atoms with Gasteiger partial charge < -0.3 is 15.8 Å². The predicted octanol–water partition coefficient (Wildman–Crippen LogP) is 2.58. The molecule has 0 spiro atoms. The molecule has 5 nitrogen and oxygen atoms in total. The van der Waals surface area contributed by atoms with Crippen LogP contribution in [0.15, 0.2) is 36.5 Å². The summed E-state index contributed by atoms with van der Waals surface area (Å²) < 4.78 is 5.15. The first-order valence-electron chi connectivity index (χ1n) is 5.46. The van der Waals surface area contributed by atoms with Gasteiger partial charge in [-0.05, 0) is 30.3 Å². The van der Waals surface area contributed by atoms with Gasteiger partial charge in [-0.2, -0.15) is 0 Å². The fraction of sp³-hybridized carbons (Fsp3) is 0.0769. The van der Waals surface area contributed by atoms with Gasteiger partial charge in [-0.25, -0.2) is 4.98 Å². The van der Waals surface area contributed by atoms with Crippen molar-refractivity contribution in [3.05, 3.63) is 47.1 Å². The van der Waals surface area contributed by atoms with Gasteiger partial charge >= 0.3 is 0 Å². The molecule has 0 saturated carbocycles. The van der Waals surface area contributed by atoms with Crippen LogP contribution in [-0.2, 0) is 0 Å². The van der Waals surface area contributed by atoms with Crippen LogP contribution in [0.4, 0.5) is 11.5 Å². The lowest BCUT2D eigenvalue weighted by atomic mass is 10.2. The maximum atomic E-state index is 12.1. The smallest absolute Gasteiger partial charge is 0.255 e. The third-order valence-electron chi connectivity index (χ3n) is 2.45. The van der Waals surface area contributed by atoms with Gasteiger partial charge in [-0.15, -0.1) is 0 Å². The van der Waals surface area contributed by atoms with Gasteiger partial charge in [0.1, 0.15) is 11.6 Å². The molecule has 1 amide bonds. The van der Waals surface area contributed by atoms with E-state index < -0.39 is 0 Å². The highest BCUT2D eigenvalue weighted by molar-refractivity contribution is 6.31. The van der Waals surface area contributed by atoms with Crippen LogP contribution in [0.1, 0.15) is 10.4 Å². The molecule has 0 aliphatic rings. The Hall–Kier alpha value is -2.27. The standard InChI is InChI=1S/C13H12ClN3O2/c1-19-11-3-2-9(14)7-10(11)17-13(18)8-4-5-16-12(15)6-8/h2-7H,1H3,(H2,15,16)(H,17,18). The summed E-state index contributed by atoms with van der Waals surface area (Å²) >= 11 is 5.89. The van der Waals surface area contributed by atoms with Crippen molar-refractivity contribution in [3.8, 4) is 5.75 Å². The van der Waals surface area contributed by atoms with Crippen LogP contribution in [0.3, 0.4) is 0 Å². The Morgan fingerprint density at radius 2 is 2.16 bits per heavy atom. The minimum absolute atomic E-state index is 0.283. The van der Waals surface area contributed by atoms with Crippen LogP contribution in [0.25, 0.3) is 0 Å². The molecule has 98 valence electrons. The van der Waals surface area contributed by atoms with Gasteiger partial charge in [-0.3, -0.25) is 4.79 Å². The molecule has 0 unspecified atom stereocenters. The van der Waals surface area contributed by atoms with Crippen molar-refractivity contribution in [1.82, 2.24) is 4.98 Å². The predicted molar refractivity (Wildman–Crippen MR) is 74.6 cm³/mol. The van der Waals surface area contributed by atoms with Crippen molar-refractivity contribution < 1.29 is 9.53 Å². The second-order valence-electron chi connectivity index (χ2n) is 3.77. The topological polar surface area (TPSA) is 77.2 Å². The Morgan fingerprint density at radius 3 is 2.84 bits per heavy atom. The van der Waals surface area contributed by atoms with Gasteiger partial charge in [0.05, 0.1) is 12.8 Å². The van der Waals surface area contributed by atoms with Crippen molar-refractivity contribution in [2.24, 2.45) is 0 Å². The molecule has 2 aromatic rings. The number of methoxy groups -OCH3 is 1. The number of nitrogens with one attached hydrogen (secondary N) is 1. The molecule has 19 heavy (non-hydrogen) atoms. The summed E-state index contributed by atoms with van der Waals surface area (Å²) in [6.45, 7) is 0. The number of hydrogen-bond acceptors (Lipinski definition) is 4. The fourth-order valence-corrected chi connectivity index (χ4v) is 1.73. The molecule has 0 aliphatic heterocycles. The first-order valence-corrected chi connectivity index (χ1v) is 5.84. The second kappa shape index (κ2) is 5.58. The molecule has 2 rings (SSSR count). The van der Waals surface area contributed by atoms with E-state index in [1.54, 1.807) is 24.3 Å². The molecule has 3 N–H and O–H groups in total. The third kappa shape index (κ3) is 3.14. The number of carbonyl (C=O) groups is 1. The minimum Gasteiger partial charge on any atom is -0.495 e. The van der Waals surface area contributed by atoms with Gasteiger partial charge in [0.25, 0.3) is 5.91 Å². The van der Waals surface area contributed by atoms with Crippen molar-refractivity contribution >= 4 is 29.0 Å². The molecule has 0 bridgehead atoms. The number of amides is 1. The van der Waals surface area contributed by atoms with E-state index in [9.17, 15) is 4.79 Å². The first-order chi connectivity index (χ1) is 9.10. The molecule has 0 aliphatic carbocycles. The van der Waals surface area contributed by atoms with E-state index in [1.807, 2.05) is 0 Å². The lowest BCUT2D eigenvalue weighted by molar-refractivity contribution is 0.102. The monoisotopic (exact) mass is 277 g/mol. The van der Waals surface area contributed by atoms with Gasteiger partial charge in [0.15, 0.2) is 0 Å². The summed E-state index contributed by atoms with van der Waals surface area (Å²) in [5.41, 5.74) is 6.44. The number of nitrogen functional groups attached to an aromatic ring is 1. The molecular weight excluding hydrogens is 266 g/mol. The average Bonchev–Trinajstić information content (AvgIpc) is 2.39. The van der Waals surface area contributed by atoms with Gasteiger partial charge in [0.2, 0.25) is 0 Å². The average molecular weight is 278 g/mol. The maximum Gasteiger partial charge on any atom is 0.255 e. The Bertz CT molecular complexity index is 617. The van der Waals surface area contributed by atoms with Crippen LogP contribution in [-0.4, -0.2) is 18.0 Å². The number of nitrogens with zero attached hydrogens (tertiary/aromatic N) is 1.